The maximum absolute atomic E-state index is 11.1. The van der Waals surface area contributed by atoms with E-state index in [4.69, 9.17) is 0 Å². The Hall–Kier alpha value is -0.860. The second kappa shape index (κ2) is 2.32. The Morgan fingerprint density at radius 2 is 1.45 bits per heavy atom. The summed E-state index contributed by atoms with van der Waals surface area (Å²) in [5.74, 6) is -0.0631. The third-order valence-electron chi connectivity index (χ3n) is 2.69. The third kappa shape index (κ3) is 0.951. The Morgan fingerprint density at radius 3 is 1.91 bits per heavy atom. The highest BCUT2D eigenvalue weighted by Crippen LogP contribution is 2.33. The Kier molecular flexibility index (Phi) is 1.44. The molecule has 1 unspecified atom stereocenters. The summed E-state index contributed by atoms with van der Waals surface area (Å²) in [5, 5.41) is 2.38. The molecule has 0 spiro atoms. The molecule has 1 saturated heterocycles. The lowest BCUT2D eigenvalue weighted by Crippen LogP contribution is -2.21. The standard InChI is InChI=1S/C8H11NO2/c10-7-5-3-1-2-4-6(5)8(11)9-7/h5-6H,1-4H2,(H,9,10,11)/t5-,6?/m0/s1. The Balaban J connectivity index is 2.19. The number of hydrogen-bond acceptors (Lipinski definition) is 2. The van der Waals surface area contributed by atoms with E-state index in [2.05, 4.69) is 5.32 Å². The van der Waals surface area contributed by atoms with Gasteiger partial charge in [-0.2, -0.15) is 0 Å². The van der Waals surface area contributed by atoms with Crippen LogP contribution in [-0.4, -0.2) is 11.8 Å². The van der Waals surface area contributed by atoms with Gasteiger partial charge in [0.2, 0.25) is 11.8 Å². The Labute approximate surface area is 65.2 Å². The second-order valence-corrected chi connectivity index (χ2v) is 3.35. The molecule has 1 N–H and O–H groups in total. The molecule has 60 valence electrons. The van der Waals surface area contributed by atoms with Crippen LogP contribution in [-0.2, 0) is 9.59 Å². The molecule has 0 aromatic carbocycles. The van der Waals surface area contributed by atoms with Crippen molar-refractivity contribution in [1.82, 2.24) is 5.32 Å². The largest absolute Gasteiger partial charge is 0.296 e. The van der Waals surface area contributed by atoms with E-state index in [-0.39, 0.29) is 23.7 Å². The monoisotopic (exact) mass is 153 g/mol. The zero-order valence-corrected chi connectivity index (χ0v) is 6.30. The molecule has 2 rings (SSSR count). The smallest absolute Gasteiger partial charge is 0.230 e. The van der Waals surface area contributed by atoms with Gasteiger partial charge in [-0.15, -0.1) is 0 Å². The summed E-state index contributed by atoms with van der Waals surface area (Å²) in [6.07, 6.45) is 4.01. The summed E-state index contributed by atoms with van der Waals surface area (Å²) < 4.78 is 0. The van der Waals surface area contributed by atoms with E-state index in [0.717, 1.165) is 25.7 Å². The van der Waals surface area contributed by atoms with E-state index in [9.17, 15) is 9.59 Å². The molecule has 0 aromatic rings. The first-order chi connectivity index (χ1) is 5.29. The van der Waals surface area contributed by atoms with E-state index < -0.39 is 0 Å². The van der Waals surface area contributed by atoms with Gasteiger partial charge in [-0.3, -0.25) is 14.9 Å². The molecule has 2 fully saturated rings. The molecule has 11 heavy (non-hydrogen) atoms. The lowest BCUT2D eigenvalue weighted by atomic mass is 9.81. The first-order valence-electron chi connectivity index (χ1n) is 4.14. The lowest BCUT2D eigenvalue weighted by Gasteiger charge is -2.19. The van der Waals surface area contributed by atoms with Crippen LogP contribution in [0, 0.1) is 11.8 Å². The molecule has 1 aliphatic carbocycles. The van der Waals surface area contributed by atoms with Crippen molar-refractivity contribution in [2.45, 2.75) is 25.7 Å². The van der Waals surface area contributed by atoms with Crippen LogP contribution in [0.1, 0.15) is 25.7 Å². The molecule has 1 aliphatic heterocycles. The van der Waals surface area contributed by atoms with Crippen LogP contribution >= 0.6 is 0 Å². The maximum atomic E-state index is 11.1. The van der Waals surface area contributed by atoms with Crippen molar-refractivity contribution < 1.29 is 9.59 Å². The van der Waals surface area contributed by atoms with Crippen LogP contribution in [0.3, 0.4) is 0 Å². The average molecular weight is 153 g/mol. The molecule has 1 heterocycles. The fourth-order valence-corrected chi connectivity index (χ4v) is 2.07. The van der Waals surface area contributed by atoms with Gasteiger partial charge in [0.1, 0.15) is 0 Å². The van der Waals surface area contributed by atoms with Gasteiger partial charge >= 0.3 is 0 Å². The molecular weight excluding hydrogens is 142 g/mol. The fourth-order valence-electron chi connectivity index (χ4n) is 2.07. The van der Waals surface area contributed by atoms with Crippen molar-refractivity contribution in [1.29, 1.82) is 0 Å². The van der Waals surface area contributed by atoms with E-state index in [1.807, 2.05) is 0 Å². The summed E-state index contributed by atoms with van der Waals surface area (Å²) in [4.78, 5) is 22.2. The van der Waals surface area contributed by atoms with E-state index >= 15 is 0 Å². The molecule has 0 aromatic heterocycles. The molecule has 0 bridgehead atoms. The van der Waals surface area contributed by atoms with Gasteiger partial charge in [-0.05, 0) is 12.8 Å². The number of amides is 2. The van der Waals surface area contributed by atoms with Crippen molar-refractivity contribution in [3.8, 4) is 0 Å². The molecule has 0 radical (unpaired) electrons. The third-order valence-corrected chi connectivity index (χ3v) is 2.69. The van der Waals surface area contributed by atoms with Gasteiger partial charge in [0.05, 0.1) is 0 Å². The van der Waals surface area contributed by atoms with Crippen molar-refractivity contribution in [2.75, 3.05) is 0 Å². The fraction of sp³-hybridized carbons (Fsp3) is 0.750. The SMILES string of the molecule is O=C1NC(=O)[C@H]2CCCCC12. The van der Waals surface area contributed by atoms with Crippen LogP contribution in [0.15, 0.2) is 0 Å². The minimum atomic E-state index is -0.0419. The van der Waals surface area contributed by atoms with Crippen LogP contribution in [0.5, 0.6) is 0 Å². The summed E-state index contributed by atoms with van der Waals surface area (Å²) in [6.45, 7) is 0. The van der Waals surface area contributed by atoms with Crippen molar-refractivity contribution >= 4 is 11.8 Å². The van der Waals surface area contributed by atoms with Gasteiger partial charge in [0, 0.05) is 11.8 Å². The molecule has 2 atom stereocenters. The number of nitrogens with one attached hydrogen (secondary N) is 1. The minimum absolute atomic E-state index is 0.0104. The molecular formula is C8H11NO2. The van der Waals surface area contributed by atoms with Gasteiger partial charge in [-0.1, -0.05) is 12.8 Å². The highest BCUT2D eigenvalue weighted by atomic mass is 16.2. The predicted octanol–water partition coefficient (Wildman–Crippen LogP) is 0.449. The van der Waals surface area contributed by atoms with Crippen LogP contribution in [0.4, 0.5) is 0 Å². The maximum Gasteiger partial charge on any atom is 0.230 e. The Morgan fingerprint density at radius 1 is 1.00 bits per heavy atom. The zero-order valence-electron chi connectivity index (χ0n) is 6.30. The Bertz CT molecular complexity index is 190. The summed E-state index contributed by atoms with van der Waals surface area (Å²) in [7, 11) is 0. The summed E-state index contributed by atoms with van der Waals surface area (Å²) in [6, 6.07) is 0. The average Bonchev–Trinajstić information content (AvgIpc) is 2.30. The minimum Gasteiger partial charge on any atom is -0.296 e. The van der Waals surface area contributed by atoms with Gasteiger partial charge in [0.15, 0.2) is 0 Å². The predicted molar refractivity (Wildman–Crippen MR) is 38.6 cm³/mol. The van der Waals surface area contributed by atoms with Crippen LogP contribution in [0.25, 0.3) is 0 Å². The number of imide groups is 1. The topological polar surface area (TPSA) is 46.2 Å². The molecule has 2 aliphatic rings. The summed E-state index contributed by atoms with van der Waals surface area (Å²) in [5.41, 5.74) is 0. The zero-order chi connectivity index (χ0) is 7.84. The first kappa shape index (κ1) is 6.83. The number of carbonyl (C=O) groups excluding carboxylic acids is 2. The van der Waals surface area contributed by atoms with Crippen molar-refractivity contribution in [2.24, 2.45) is 11.8 Å². The second-order valence-electron chi connectivity index (χ2n) is 3.35. The van der Waals surface area contributed by atoms with E-state index in [1.54, 1.807) is 0 Å². The molecule has 3 nitrogen and oxygen atoms in total. The molecule has 3 heteroatoms. The number of fused-ring (bicyclic) bond motifs is 1. The van der Waals surface area contributed by atoms with Crippen molar-refractivity contribution in [3.05, 3.63) is 0 Å². The lowest BCUT2D eigenvalue weighted by molar-refractivity contribution is -0.126. The number of hydrogen-bond donors (Lipinski definition) is 1. The molecule has 1 saturated carbocycles. The van der Waals surface area contributed by atoms with Crippen LogP contribution in [0.2, 0.25) is 0 Å². The first-order valence-corrected chi connectivity index (χ1v) is 4.14. The van der Waals surface area contributed by atoms with E-state index in [0.29, 0.717) is 0 Å². The van der Waals surface area contributed by atoms with E-state index in [1.165, 1.54) is 0 Å². The summed E-state index contributed by atoms with van der Waals surface area (Å²) >= 11 is 0. The normalized spacial score (nSPS) is 36.7. The van der Waals surface area contributed by atoms with Crippen molar-refractivity contribution in [3.63, 3.8) is 0 Å². The van der Waals surface area contributed by atoms with Gasteiger partial charge < -0.3 is 0 Å². The highest BCUT2D eigenvalue weighted by Gasteiger charge is 2.42. The van der Waals surface area contributed by atoms with Crippen LogP contribution < -0.4 is 5.32 Å². The quantitative estimate of drug-likeness (QED) is 0.513. The number of carbonyl (C=O) groups is 2. The van der Waals surface area contributed by atoms with Gasteiger partial charge in [-0.25, -0.2) is 0 Å². The molecule has 2 amide bonds. The number of rotatable bonds is 0. The van der Waals surface area contributed by atoms with Gasteiger partial charge in [0.25, 0.3) is 0 Å². The highest BCUT2D eigenvalue weighted by molar-refractivity contribution is 6.05.